The monoisotopic (exact) mass is 384 g/mol. The number of piperazine rings is 1. The maximum Gasteiger partial charge on any atom is 0.147 e. The van der Waals surface area contributed by atoms with Gasteiger partial charge in [0.2, 0.25) is 0 Å². The second kappa shape index (κ2) is 8.50. The number of aryl methyl sites for hydroxylation is 2. The Kier molecular flexibility index (Phi) is 6.08. The highest BCUT2D eigenvalue weighted by molar-refractivity contribution is 5.85. The molecular formula is C20H25ClN6. The molecule has 1 aliphatic rings. The lowest BCUT2D eigenvalue weighted by Crippen LogP contribution is -2.48. The van der Waals surface area contributed by atoms with E-state index in [1.165, 1.54) is 16.7 Å². The zero-order chi connectivity index (χ0) is 17.9. The van der Waals surface area contributed by atoms with Crippen molar-refractivity contribution in [1.29, 1.82) is 0 Å². The molecule has 3 heterocycles. The molecule has 0 spiro atoms. The van der Waals surface area contributed by atoms with Crippen molar-refractivity contribution in [2.24, 2.45) is 7.05 Å². The van der Waals surface area contributed by atoms with Crippen molar-refractivity contribution < 1.29 is 0 Å². The highest BCUT2D eigenvalue weighted by Crippen LogP contribution is 2.30. The van der Waals surface area contributed by atoms with E-state index >= 15 is 0 Å². The number of benzene rings is 1. The van der Waals surface area contributed by atoms with Gasteiger partial charge in [0, 0.05) is 57.4 Å². The summed E-state index contributed by atoms with van der Waals surface area (Å²) in [6, 6.07) is 8.99. The van der Waals surface area contributed by atoms with Crippen LogP contribution in [0.15, 0.2) is 55.2 Å². The van der Waals surface area contributed by atoms with Crippen LogP contribution in [0.25, 0.3) is 0 Å². The zero-order valence-corrected chi connectivity index (χ0v) is 16.5. The van der Waals surface area contributed by atoms with Crippen molar-refractivity contribution in [2.45, 2.75) is 19.5 Å². The largest absolute Gasteiger partial charge is 0.352 e. The normalized spacial score (nSPS) is 17.6. The van der Waals surface area contributed by atoms with Crippen LogP contribution in [0.1, 0.15) is 22.7 Å². The van der Waals surface area contributed by atoms with Crippen LogP contribution < -0.4 is 4.90 Å². The van der Waals surface area contributed by atoms with Crippen LogP contribution >= 0.6 is 12.4 Å². The summed E-state index contributed by atoms with van der Waals surface area (Å²) in [6.07, 6.45) is 9.40. The van der Waals surface area contributed by atoms with Gasteiger partial charge < -0.3 is 4.90 Å². The molecule has 0 N–H and O–H groups in total. The van der Waals surface area contributed by atoms with Gasteiger partial charge in [-0.25, -0.2) is 4.98 Å². The minimum absolute atomic E-state index is 0. The summed E-state index contributed by atoms with van der Waals surface area (Å²) in [6.45, 7) is 5.93. The minimum Gasteiger partial charge on any atom is -0.352 e. The number of nitrogens with zero attached hydrogens (tertiary/aromatic N) is 6. The van der Waals surface area contributed by atoms with Crippen LogP contribution in [0.2, 0.25) is 0 Å². The van der Waals surface area contributed by atoms with Crippen LogP contribution in [-0.4, -0.2) is 44.3 Å². The maximum absolute atomic E-state index is 4.50. The Morgan fingerprint density at radius 2 is 1.96 bits per heavy atom. The standard InChI is InChI=1S/C20H24N6.ClH/c1-16-5-3-4-6-18(16)19-15-26(20-12-21-7-8-22-20)10-9-25(19)14-17-11-23-24(2)13-17;/h3-8,11-13,19H,9-10,14-15H2,1-2H3;1H. The third-order valence-corrected chi connectivity index (χ3v) is 5.06. The molecular weight excluding hydrogens is 360 g/mol. The molecule has 7 heteroatoms. The number of aromatic nitrogens is 4. The van der Waals surface area contributed by atoms with Crippen LogP contribution in [0.3, 0.4) is 0 Å². The minimum atomic E-state index is 0. The molecule has 1 atom stereocenters. The fourth-order valence-corrected chi connectivity index (χ4v) is 3.72. The summed E-state index contributed by atoms with van der Waals surface area (Å²) in [5.41, 5.74) is 3.96. The summed E-state index contributed by atoms with van der Waals surface area (Å²) < 4.78 is 1.87. The van der Waals surface area contributed by atoms with Gasteiger partial charge in [-0.2, -0.15) is 5.10 Å². The molecule has 0 radical (unpaired) electrons. The van der Waals surface area contributed by atoms with E-state index in [2.05, 4.69) is 62.3 Å². The van der Waals surface area contributed by atoms with Crippen LogP contribution in [0, 0.1) is 6.92 Å². The molecule has 1 aromatic carbocycles. The quantitative estimate of drug-likeness (QED) is 0.692. The fraction of sp³-hybridized carbons (Fsp3) is 0.350. The lowest BCUT2D eigenvalue weighted by molar-refractivity contribution is 0.168. The highest BCUT2D eigenvalue weighted by Gasteiger charge is 2.30. The van der Waals surface area contributed by atoms with Crippen LogP contribution in [0.5, 0.6) is 0 Å². The molecule has 0 amide bonds. The third-order valence-electron chi connectivity index (χ3n) is 5.06. The van der Waals surface area contributed by atoms with Gasteiger partial charge in [0.15, 0.2) is 0 Å². The first-order chi connectivity index (χ1) is 12.7. The van der Waals surface area contributed by atoms with Gasteiger partial charge in [0.25, 0.3) is 0 Å². The third kappa shape index (κ3) is 4.28. The van der Waals surface area contributed by atoms with Crippen molar-refractivity contribution in [3.05, 3.63) is 71.9 Å². The summed E-state index contributed by atoms with van der Waals surface area (Å²) in [5, 5.41) is 4.32. The van der Waals surface area contributed by atoms with Crippen molar-refractivity contribution in [2.75, 3.05) is 24.5 Å². The molecule has 3 aromatic rings. The van der Waals surface area contributed by atoms with E-state index in [1.54, 1.807) is 12.4 Å². The van der Waals surface area contributed by atoms with E-state index in [0.29, 0.717) is 6.04 Å². The first-order valence-electron chi connectivity index (χ1n) is 8.99. The van der Waals surface area contributed by atoms with Gasteiger partial charge in [-0.1, -0.05) is 24.3 Å². The summed E-state index contributed by atoms with van der Waals surface area (Å²) in [7, 11) is 1.97. The Balaban J connectivity index is 0.00000210. The van der Waals surface area contributed by atoms with E-state index in [9.17, 15) is 0 Å². The van der Waals surface area contributed by atoms with E-state index in [-0.39, 0.29) is 12.4 Å². The molecule has 2 aromatic heterocycles. The van der Waals surface area contributed by atoms with Gasteiger partial charge >= 0.3 is 0 Å². The number of halogens is 1. The second-order valence-electron chi connectivity index (χ2n) is 6.87. The van der Waals surface area contributed by atoms with Crippen LogP contribution in [-0.2, 0) is 13.6 Å². The highest BCUT2D eigenvalue weighted by atomic mass is 35.5. The Labute approximate surface area is 166 Å². The molecule has 4 rings (SSSR count). The number of hydrogen-bond acceptors (Lipinski definition) is 5. The van der Waals surface area contributed by atoms with Crippen molar-refractivity contribution in [3.8, 4) is 0 Å². The molecule has 27 heavy (non-hydrogen) atoms. The molecule has 142 valence electrons. The summed E-state index contributed by atoms with van der Waals surface area (Å²) >= 11 is 0. The average molecular weight is 385 g/mol. The van der Waals surface area contributed by atoms with E-state index < -0.39 is 0 Å². The predicted molar refractivity (Wildman–Crippen MR) is 109 cm³/mol. The first-order valence-corrected chi connectivity index (χ1v) is 8.99. The van der Waals surface area contributed by atoms with Crippen LogP contribution in [0.4, 0.5) is 5.82 Å². The van der Waals surface area contributed by atoms with Crippen molar-refractivity contribution >= 4 is 18.2 Å². The predicted octanol–water partition coefficient (Wildman–Crippen LogP) is 3.00. The Hall–Kier alpha value is -2.44. The van der Waals surface area contributed by atoms with Gasteiger partial charge in [-0.05, 0) is 18.1 Å². The molecule has 1 fully saturated rings. The Morgan fingerprint density at radius 1 is 1.11 bits per heavy atom. The molecule has 1 unspecified atom stereocenters. The van der Waals surface area contributed by atoms with E-state index in [0.717, 1.165) is 32.0 Å². The van der Waals surface area contributed by atoms with E-state index in [1.807, 2.05) is 24.1 Å². The molecule has 1 aliphatic heterocycles. The number of rotatable bonds is 4. The van der Waals surface area contributed by atoms with Gasteiger partial charge in [0.05, 0.1) is 18.4 Å². The molecule has 6 nitrogen and oxygen atoms in total. The smallest absolute Gasteiger partial charge is 0.147 e. The zero-order valence-electron chi connectivity index (χ0n) is 15.7. The lowest BCUT2D eigenvalue weighted by atomic mass is 9.97. The summed E-state index contributed by atoms with van der Waals surface area (Å²) in [5.74, 6) is 0.951. The number of anilines is 1. The average Bonchev–Trinajstić information content (AvgIpc) is 3.08. The number of hydrogen-bond donors (Lipinski definition) is 0. The van der Waals surface area contributed by atoms with E-state index in [4.69, 9.17) is 0 Å². The lowest BCUT2D eigenvalue weighted by Gasteiger charge is -2.42. The maximum atomic E-state index is 4.50. The second-order valence-corrected chi connectivity index (χ2v) is 6.87. The van der Waals surface area contributed by atoms with Crippen molar-refractivity contribution in [3.63, 3.8) is 0 Å². The molecule has 0 aliphatic carbocycles. The molecule has 0 saturated carbocycles. The SMILES string of the molecule is Cc1ccccc1C1CN(c2cnccn2)CCN1Cc1cnn(C)c1.Cl. The fourth-order valence-electron chi connectivity index (χ4n) is 3.72. The topological polar surface area (TPSA) is 50.1 Å². The van der Waals surface area contributed by atoms with Gasteiger partial charge in [0.1, 0.15) is 5.82 Å². The van der Waals surface area contributed by atoms with Gasteiger partial charge in [-0.15, -0.1) is 12.4 Å². The molecule has 1 saturated heterocycles. The Morgan fingerprint density at radius 3 is 2.67 bits per heavy atom. The first kappa shape index (κ1) is 19.3. The van der Waals surface area contributed by atoms with Crippen molar-refractivity contribution in [1.82, 2.24) is 24.6 Å². The van der Waals surface area contributed by atoms with Gasteiger partial charge in [-0.3, -0.25) is 14.6 Å². The molecule has 0 bridgehead atoms. The Bertz CT molecular complexity index is 866. The summed E-state index contributed by atoms with van der Waals surface area (Å²) in [4.78, 5) is 13.6.